The van der Waals surface area contributed by atoms with Gasteiger partial charge in [0, 0.05) is 31.5 Å². The Bertz CT molecular complexity index is 647. The first-order valence-corrected chi connectivity index (χ1v) is 10.1. The number of hydrogen-bond donors (Lipinski definition) is 0. The van der Waals surface area contributed by atoms with Crippen molar-refractivity contribution in [2.75, 3.05) is 53.0 Å². The number of hydrogen-bond acceptors (Lipinski definition) is 5. The van der Waals surface area contributed by atoms with Gasteiger partial charge in [-0.15, -0.1) is 0 Å². The van der Waals surface area contributed by atoms with Gasteiger partial charge < -0.3 is 24.0 Å². The van der Waals surface area contributed by atoms with Gasteiger partial charge in [-0.25, -0.2) is 0 Å². The molecule has 3 saturated heterocycles. The molecule has 1 amide bonds. The average molecular weight is 374 g/mol. The van der Waals surface area contributed by atoms with Crippen molar-refractivity contribution in [3.8, 4) is 11.5 Å². The summed E-state index contributed by atoms with van der Waals surface area (Å²) < 4.78 is 17.0. The largest absolute Gasteiger partial charge is 0.493 e. The van der Waals surface area contributed by atoms with Crippen LogP contribution in [0.25, 0.3) is 0 Å². The number of rotatable bonds is 6. The van der Waals surface area contributed by atoms with Crippen LogP contribution in [0, 0.1) is 11.8 Å². The van der Waals surface area contributed by atoms with E-state index in [1.807, 2.05) is 29.2 Å². The van der Waals surface area contributed by atoms with Gasteiger partial charge >= 0.3 is 0 Å². The van der Waals surface area contributed by atoms with Crippen LogP contribution >= 0.6 is 0 Å². The van der Waals surface area contributed by atoms with Gasteiger partial charge in [-0.05, 0) is 38.1 Å². The van der Waals surface area contributed by atoms with Crippen LogP contribution in [-0.4, -0.2) is 74.9 Å². The lowest BCUT2D eigenvalue weighted by molar-refractivity contribution is -0.133. The highest BCUT2D eigenvalue weighted by Crippen LogP contribution is 2.35. The predicted molar refractivity (Wildman–Crippen MR) is 102 cm³/mol. The summed E-state index contributed by atoms with van der Waals surface area (Å²) in [6.45, 7) is 5.89. The first kappa shape index (κ1) is 18.6. The van der Waals surface area contributed by atoms with Gasteiger partial charge in [-0.1, -0.05) is 18.6 Å². The van der Waals surface area contributed by atoms with E-state index in [2.05, 4.69) is 4.90 Å². The lowest BCUT2D eigenvalue weighted by Gasteiger charge is -2.30. The quantitative estimate of drug-likeness (QED) is 0.763. The average Bonchev–Trinajstić information content (AvgIpc) is 3.29. The summed E-state index contributed by atoms with van der Waals surface area (Å²) in [6.07, 6.45) is 4.17. The Hall–Kier alpha value is -1.79. The highest BCUT2D eigenvalue weighted by molar-refractivity contribution is 5.78. The molecule has 27 heavy (non-hydrogen) atoms. The number of carbonyl (C=O) groups is 1. The van der Waals surface area contributed by atoms with Crippen molar-refractivity contribution in [3.05, 3.63) is 24.3 Å². The van der Waals surface area contributed by atoms with Crippen molar-refractivity contribution in [3.63, 3.8) is 0 Å². The van der Waals surface area contributed by atoms with Crippen LogP contribution in [0.5, 0.6) is 11.5 Å². The number of benzene rings is 1. The van der Waals surface area contributed by atoms with E-state index in [1.165, 1.54) is 32.4 Å². The summed E-state index contributed by atoms with van der Waals surface area (Å²) in [5.74, 6) is 2.28. The molecule has 6 heteroatoms. The minimum atomic E-state index is 0.0237. The van der Waals surface area contributed by atoms with Crippen molar-refractivity contribution < 1.29 is 19.0 Å². The fourth-order valence-electron chi connectivity index (χ4n) is 4.63. The van der Waals surface area contributed by atoms with Crippen LogP contribution in [0.4, 0.5) is 0 Å². The highest BCUT2D eigenvalue weighted by Gasteiger charge is 2.45. The number of para-hydroxylation sites is 2. The Morgan fingerprint density at radius 1 is 1.15 bits per heavy atom. The SMILES string of the molecule is COc1ccccc1OCC(=O)N1C[C@@H]2[C@@H](CN3CCCCC3)CO[C@@H]2C1. The van der Waals surface area contributed by atoms with Gasteiger partial charge in [0.25, 0.3) is 5.91 Å². The molecule has 0 saturated carbocycles. The molecular formula is C21H30N2O4. The van der Waals surface area contributed by atoms with E-state index in [1.54, 1.807) is 7.11 Å². The summed E-state index contributed by atoms with van der Waals surface area (Å²) in [7, 11) is 1.60. The second-order valence-corrected chi connectivity index (χ2v) is 7.90. The third-order valence-electron chi connectivity index (χ3n) is 6.15. The summed E-state index contributed by atoms with van der Waals surface area (Å²) in [4.78, 5) is 17.1. The second-order valence-electron chi connectivity index (χ2n) is 7.90. The van der Waals surface area contributed by atoms with E-state index in [0.717, 1.165) is 19.7 Å². The molecule has 3 heterocycles. The van der Waals surface area contributed by atoms with Crippen molar-refractivity contribution in [2.45, 2.75) is 25.4 Å². The minimum Gasteiger partial charge on any atom is -0.493 e. The molecule has 0 aliphatic carbocycles. The van der Waals surface area contributed by atoms with Crippen molar-refractivity contribution in [2.24, 2.45) is 11.8 Å². The third-order valence-corrected chi connectivity index (χ3v) is 6.15. The lowest BCUT2D eigenvalue weighted by atomic mass is 9.92. The zero-order valence-electron chi connectivity index (χ0n) is 16.1. The molecule has 3 atom stereocenters. The third kappa shape index (κ3) is 4.22. The molecule has 0 aromatic heterocycles. The molecule has 0 radical (unpaired) electrons. The zero-order valence-corrected chi connectivity index (χ0v) is 16.1. The lowest BCUT2D eigenvalue weighted by Crippen LogP contribution is -2.38. The maximum Gasteiger partial charge on any atom is 0.260 e. The van der Waals surface area contributed by atoms with Gasteiger partial charge in [0.15, 0.2) is 18.1 Å². The second kappa shape index (κ2) is 8.48. The van der Waals surface area contributed by atoms with E-state index < -0.39 is 0 Å². The molecule has 1 aromatic carbocycles. The van der Waals surface area contributed by atoms with E-state index in [0.29, 0.717) is 29.9 Å². The highest BCUT2D eigenvalue weighted by atomic mass is 16.5. The summed E-state index contributed by atoms with van der Waals surface area (Å²) in [5.41, 5.74) is 0. The Labute approximate surface area is 161 Å². The zero-order chi connectivity index (χ0) is 18.6. The van der Waals surface area contributed by atoms with Crippen LogP contribution in [0.15, 0.2) is 24.3 Å². The standard InChI is InChI=1S/C21H30N2O4/c1-25-18-7-3-4-8-19(18)27-15-21(24)23-12-17-16(14-26-20(17)13-23)11-22-9-5-2-6-10-22/h3-4,7-8,16-17,20H,2,5-6,9-15H2,1H3/t16-,17+,20+/m0/s1. The van der Waals surface area contributed by atoms with Crippen LogP contribution in [0.2, 0.25) is 0 Å². The molecule has 1 aromatic rings. The smallest absolute Gasteiger partial charge is 0.260 e. The molecule has 148 valence electrons. The number of nitrogens with zero attached hydrogens (tertiary/aromatic N) is 2. The molecule has 0 spiro atoms. The number of carbonyl (C=O) groups excluding carboxylic acids is 1. The summed E-state index contributed by atoms with van der Waals surface area (Å²) >= 11 is 0. The number of likely N-dealkylation sites (tertiary alicyclic amines) is 2. The fraction of sp³-hybridized carbons (Fsp3) is 0.667. The van der Waals surface area contributed by atoms with E-state index in [9.17, 15) is 4.79 Å². The normalized spacial score (nSPS) is 28.2. The van der Waals surface area contributed by atoms with Crippen molar-refractivity contribution in [1.82, 2.24) is 9.80 Å². The maximum atomic E-state index is 12.6. The molecule has 3 fully saturated rings. The number of amides is 1. The van der Waals surface area contributed by atoms with Crippen LogP contribution in [0.3, 0.4) is 0 Å². The monoisotopic (exact) mass is 374 g/mol. The van der Waals surface area contributed by atoms with E-state index >= 15 is 0 Å². The molecule has 0 bridgehead atoms. The molecule has 6 nitrogen and oxygen atoms in total. The minimum absolute atomic E-state index is 0.0237. The number of piperidine rings is 1. The molecule has 0 unspecified atom stereocenters. The summed E-state index contributed by atoms with van der Waals surface area (Å²) in [6, 6.07) is 7.41. The molecule has 3 aliphatic heterocycles. The van der Waals surface area contributed by atoms with Crippen LogP contribution in [0.1, 0.15) is 19.3 Å². The topological polar surface area (TPSA) is 51.2 Å². The van der Waals surface area contributed by atoms with Crippen molar-refractivity contribution >= 4 is 5.91 Å². The van der Waals surface area contributed by atoms with Crippen molar-refractivity contribution in [1.29, 1.82) is 0 Å². The number of fused-ring (bicyclic) bond motifs is 1. The van der Waals surface area contributed by atoms with Gasteiger partial charge in [0.1, 0.15) is 0 Å². The van der Waals surface area contributed by atoms with Crippen LogP contribution in [-0.2, 0) is 9.53 Å². The Morgan fingerprint density at radius 2 is 1.93 bits per heavy atom. The first-order valence-electron chi connectivity index (χ1n) is 10.1. The number of ether oxygens (including phenoxy) is 3. The fourth-order valence-corrected chi connectivity index (χ4v) is 4.63. The summed E-state index contributed by atoms with van der Waals surface area (Å²) in [5, 5.41) is 0. The van der Waals surface area contributed by atoms with E-state index in [4.69, 9.17) is 14.2 Å². The molecule has 4 rings (SSSR count). The molecule has 0 N–H and O–H groups in total. The molecular weight excluding hydrogens is 344 g/mol. The van der Waals surface area contributed by atoms with Crippen LogP contribution < -0.4 is 9.47 Å². The molecule has 3 aliphatic rings. The number of methoxy groups -OCH3 is 1. The maximum absolute atomic E-state index is 12.6. The first-order chi connectivity index (χ1) is 13.2. The van der Waals surface area contributed by atoms with Gasteiger partial charge in [-0.3, -0.25) is 4.79 Å². The Balaban J connectivity index is 1.29. The Kier molecular flexibility index (Phi) is 5.83. The Morgan fingerprint density at radius 3 is 2.70 bits per heavy atom. The predicted octanol–water partition coefficient (Wildman–Crippen LogP) is 2.03. The van der Waals surface area contributed by atoms with Gasteiger partial charge in [0.05, 0.1) is 19.8 Å². The van der Waals surface area contributed by atoms with Gasteiger partial charge in [-0.2, -0.15) is 0 Å². The van der Waals surface area contributed by atoms with E-state index in [-0.39, 0.29) is 18.6 Å². The van der Waals surface area contributed by atoms with Gasteiger partial charge in [0.2, 0.25) is 0 Å².